The van der Waals surface area contributed by atoms with Crippen LogP contribution in [0.2, 0.25) is 0 Å². The molecule has 0 aliphatic carbocycles. The number of carbonyl (C=O) groups is 1. The Morgan fingerprint density at radius 3 is 2.59 bits per heavy atom. The second-order valence-electron chi connectivity index (χ2n) is 7.18. The third-order valence-electron chi connectivity index (χ3n) is 5.41. The van der Waals surface area contributed by atoms with Crippen molar-refractivity contribution in [3.8, 4) is 22.5 Å². The van der Waals surface area contributed by atoms with Gasteiger partial charge in [0.15, 0.2) is 0 Å². The van der Waals surface area contributed by atoms with Crippen LogP contribution in [0.3, 0.4) is 0 Å². The molecule has 0 spiro atoms. The molecule has 148 valence electrons. The van der Waals surface area contributed by atoms with Crippen LogP contribution >= 0.6 is 0 Å². The van der Waals surface area contributed by atoms with E-state index in [9.17, 15) is 13.6 Å². The highest BCUT2D eigenvalue weighted by Gasteiger charge is 2.28. The summed E-state index contributed by atoms with van der Waals surface area (Å²) in [5, 5.41) is 7.39. The summed E-state index contributed by atoms with van der Waals surface area (Å²) in [4.78, 5) is 16.8. The number of amides is 1. The Balaban J connectivity index is 1.64. The Labute approximate surface area is 165 Å². The Morgan fingerprint density at radius 2 is 1.83 bits per heavy atom. The maximum absolute atomic E-state index is 14.4. The average Bonchev–Trinajstić information content (AvgIpc) is 3.36. The molecule has 8 heteroatoms. The average molecular weight is 396 g/mol. The Hall–Kier alpha value is -3.13. The van der Waals surface area contributed by atoms with Crippen LogP contribution < -0.4 is 5.32 Å². The number of nitrogens with one attached hydrogen (secondary N) is 1. The smallest absolute Gasteiger partial charge is 0.254 e. The van der Waals surface area contributed by atoms with Gasteiger partial charge in [-0.25, -0.2) is 13.8 Å². The van der Waals surface area contributed by atoms with E-state index in [2.05, 4.69) is 15.4 Å². The molecule has 3 aromatic rings. The van der Waals surface area contributed by atoms with Crippen molar-refractivity contribution in [2.45, 2.75) is 25.4 Å². The van der Waals surface area contributed by atoms with E-state index in [1.165, 1.54) is 18.2 Å². The summed E-state index contributed by atoms with van der Waals surface area (Å²) >= 11 is 0. The van der Waals surface area contributed by atoms with E-state index in [0.717, 1.165) is 12.8 Å². The predicted molar refractivity (Wildman–Crippen MR) is 101 cm³/mol. The lowest BCUT2D eigenvalue weighted by Gasteiger charge is -2.22. The first kappa shape index (κ1) is 17.9. The number of carbonyl (C=O) groups excluding carboxylic acids is 1. The largest absolute Gasteiger partial charge is 0.381 e. The van der Waals surface area contributed by atoms with Crippen LogP contribution in [0.1, 0.15) is 34.9 Å². The number of fused-ring (bicyclic) bond motifs is 1. The number of benzene rings is 1. The molecule has 5 rings (SSSR count). The molecule has 0 radical (unpaired) electrons. The molecule has 2 aromatic heterocycles. The molecular weight excluding hydrogens is 378 g/mol. The molecule has 0 bridgehead atoms. The van der Waals surface area contributed by atoms with E-state index < -0.39 is 11.6 Å². The Morgan fingerprint density at radius 1 is 1.07 bits per heavy atom. The van der Waals surface area contributed by atoms with Crippen LogP contribution in [0.4, 0.5) is 8.78 Å². The monoisotopic (exact) mass is 396 g/mol. The van der Waals surface area contributed by atoms with Crippen LogP contribution in [-0.4, -0.2) is 33.9 Å². The lowest BCUT2D eigenvalue weighted by atomic mass is 10.0. The van der Waals surface area contributed by atoms with E-state index in [4.69, 9.17) is 4.74 Å². The zero-order valence-corrected chi connectivity index (χ0v) is 15.5. The van der Waals surface area contributed by atoms with Crippen molar-refractivity contribution in [2.75, 3.05) is 13.2 Å². The van der Waals surface area contributed by atoms with E-state index in [1.54, 1.807) is 6.07 Å². The van der Waals surface area contributed by atoms with Crippen molar-refractivity contribution in [1.29, 1.82) is 0 Å². The molecule has 0 unspecified atom stereocenters. The fourth-order valence-electron chi connectivity index (χ4n) is 3.94. The molecule has 1 amide bonds. The van der Waals surface area contributed by atoms with Gasteiger partial charge in [-0.3, -0.25) is 9.48 Å². The Bertz CT molecular complexity index is 1090. The van der Waals surface area contributed by atoms with Gasteiger partial charge in [-0.1, -0.05) is 6.07 Å². The number of hydrogen-bond acceptors (Lipinski definition) is 4. The second-order valence-corrected chi connectivity index (χ2v) is 7.18. The number of pyridine rings is 1. The van der Waals surface area contributed by atoms with E-state index in [1.807, 2.05) is 16.9 Å². The summed E-state index contributed by atoms with van der Waals surface area (Å²) in [6, 6.07) is 7.28. The lowest BCUT2D eigenvalue weighted by molar-refractivity contribution is 0.0663. The van der Waals surface area contributed by atoms with Gasteiger partial charge in [-0.05, 0) is 37.1 Å². The quantitative estimate of drug-likeness (QED) is 0.736. The van der Waals surface area contributed by atoms with Crippen LogP contribution in [0.15, 0.2) is 36.5 Å². The molecule has 1 saturated heterocycles. The summed E-state index contributed by atoms with van der Waals surface area (Å²) < 4.78 is 36.0. The number of hydrogen-bond donors (Lipinski definition) is 1. The van der Waals surface area contributed by atoms with Crippen LogP contribution in [0, 0.1) is 11.6 Å². The van der Waals surface area contributed by atoms with Gasteiger partial charge in [0, 0.05) is 25.0 Å². The maximum atomic E-state index is 14.4. The van der Waals surface area contributed by atoms with Crippen LogP contribution in [-0.2, 0) is 11.3 Å². The van der Waals surface area contributed by atoms with Gasteiger partial charge in [0.1, 0.15) is 11.6 Å². The van der Waals surface area contributed by atoms with Crippen LogP contribution in [0.25, 0.3) is 22.5 Å². The van der Waals surface area contributed by atoms with Gasteiger partial charge in [0.05, 0.1) is 40.8 Å². The highest BCUT2D eigenvalue weighted by Crippen LogP contribution is 2.34. The second kappa shape index (κ2) is 7.04. The molecule has 0 saturated carbocycles. The fourth-order valence-corrected chi connectivity index (χ4v) is 3.94. The van der Waals surface area contributed by atoms with Gasteiger partial charge < -0.3 is 10.1 Å². The molecule has 2 aliphatic heterocycles. The number of nitrogens with zero attached hydrogens (tertiary/aromatic N) is 3. The molecule has 29 heavy (non-hydrogen) atoms. The number of halogens is 2. The van der Waals surface area contributed by atoms with Gasteiger partial charge in [-0.2, -0.15) is 5.10 Å². The number of aromatic nitrogens is 3. The maximum Gasteiger partial charge on any atom is 0.254 e. The predicted octanol–water partition coefficient (Wildman–Crippen LogP) is 3.49. The Kier molecular flexibility index (Phi) is 4.35. The van der Waals surface area contributed by atoms with E-state index in [0.29, 0.717) is 35.7 Å². The molecule has 6 nitrogen and oxygen atoms in total. The molecule has 1 N–H and O–H groups in total. The first-order chi connectivity index (χ1) is 14.1. The van der Waals surface area contributed by atoms with Gasteiger partial charge >= 0.3 is 0 Å². The summed E-state index contributed by atoms with van der Waals surface area (Å²) in [6.45, 7) is 1.58. The molecule has 0 atom stereocenters. The third-order valence-corrected chi connectivity index (χ3v) is 5.41. The fraction of sp³-hybridized carbons (Fsp3) is 0.286. The van der Waals surface area contributed by atoms with Crippen molar-refractivity contribution in [3.05, 3.63) is 59.4 Å². The number of ether oxygens (including phenoxy) is 1. The third kappa shape index (κ3) is 3.09. The molecule has 2 aliphatic rings. The SMILES string of the molecule is O=C1NCc2nc(-c3c(F)cccc3F)cc(-c3ccn(C4CCOCC4)n3)c21. The van der Waals surface area contributed by atoms with Crippen molar-refractivity contribution >= 4 is 5.91 Å². The summed E-state index contributed by atoms with van der Waals surface area (Å²) in [5.41, 5.74) is 1.90. The molecular formula is C21H18F2N4O2. The summed E-state index contributed by atoms with van der Waals surface area (Å²) in [7, 11) is 0. The highest BCUT2D eigenvalue weighted by atomic mass is 19.1. The first-order valence-electron chi connectivity index (χ1n) is 9.51. The van der Waals surface area contributed by atoms with Crippen molar-refractivity contribution in [1.82, 2.24) is 20.1 Å². The highest BCUT2D eigenvalue weighted by molar-refractivity contribution is 6.04. The first-order valence-corrected chi connectivity index (χ1v) is 9.51. The van der Waals surface area contributed by atoms with Gasteiger partial charge in [0.2, 0.25) is 0 Å². The topological polar surface area (TPSA) is 69.0 Å². The zero-order valence-electron chi connectivity index (χ0n) is 15.5. The van der Waals surface area contributed by atoms with Crippen LogP contribution in [0.5, 0.6) is 0 Å². The van der Waals surface area contributed by atoms with Gasteiger partial charge in [-0.15, -0.1) is 0 Å². The molecule has 4 heterocycles. The van der Waals surface area contributed by atoms with Gasteiger partial charge in [0.25, 0.3) is 5.91 Å². The zero-order chi connectivity index (χ0) is 20.0. The standard InChI is InChI=1S/C21H18F2N4O2/c22-14-2-1-3-15(23)20(14)17-10-13(19-18(25-17)11-24-21(19)28)16-4-7-27(26-16)12-5-8-29-9-6-12/h1-4,7,10,12H,5-6,8-9,11H2,(H,24,28). The summed E-state index contributed by atoms with van der Waals surface area (Å²) in [6.07, 6.45) is 3.60. The van der Waals surface area contributed by atoms with Crippen molar-refractivity contribution < 1.29 is 18.3 Å². The minimum atomic E-state index is -0.701. The van der Waals surface area contributed by atoms with E-state index in [-0.39, 0.29) is 29.8 Å². The lowest BCUT2D eigenvalue weighted by Crippen LogP contribution is -2.20. The van der Waals surface area contributed by atoms with Crippen molar-refractivity contribution in [2.24, 2.45) is 0 Å². The molecule has 1 aromatic carbocycles. The summed E-state index contributed by atoms with van der Waals surface area (Å²) in [5.74, 6) is -1.66. The molecule has 1 fully saturated rings. The minimum absolute atomic E-state index is 0.145. The number of rotatable bonds is 3. The van der Waals surface area contributed by atoms with E-state index >= 15 is 0 Å². The minimum Gasteiger partial charge on any atom is -0.381 e. The van der Waals surface area contributed by atoms with Crippen molar-refractivity contribution in [3.63, 3.8) is 0 Å². The normalized spacial score (nSPS) is 16.7.